The van der Waals surface area contributed by atoms with Gasteiger partial charge >= 0.3 is 5.97 Å². The number of rotatable bonds is 7. The summed E-state index contributed by atoms with van der Waals surface area (Å²) in [6, 6.07) is 1.54. The van der Waals surface area contributed by atoms with Gasteiger partial charge in [0.05, 0.1) is 0 Å². The van der Waals surface area contributed by atoms with Crippen LogP contribution in [0.5, 0.6) is 0 Å². The third kappa shape index (κ3) is 4.23. The minimum absolute atomic E-state index is 0.436. The maximum Gasteiger partial charge on any atom is 0.320 e. The van der Waals surface area contributed by atoms with Gasteiger partial charge in [0.2, 0.25) is 0 Å². The van der Waals surface area contributed by atoms with Crippen molar-refractivity contribution in [2.75, 3.05) is 0 Å². The van der Waals surface area contributed by atoms with Crippen LogP contribution in [0, 0.1) is 0 Å². The van der Waals surface area contributed by atoms with Crippen LogP contribution in [-0.2, 0) is 11.3 Å². The van der Waals surface area contributed by atoms with Crippen LogP contribution in [0.25, 0.3) is 0 Å². The number of carbonyl (C=O) groups is 1. The summed E-state index contributed by atoms with van der Waals surface area (Å²) in [7, 11) is 0. The standard InChI is InChI=1S/C11H16BrNO2S/c1-2-3-4-9(11(14)15)13-7-10-8(12)5-6-16-10/h5-6,9,13H,2-4,7H2,1H3,(H,14,15). The zero-order valence-corrected chi connectivity index (χ0v) is 11.6. The Labute approximate surface area is 108 Å². The topological polar surface area (TPSA) is 49.3 Å². The lowest BCUT2D eigenvalue weighted by atomic mass is 10.1. The zero-order chi connectivity index (χ0) is 12.0. The van der Waals surface area contributed by atoms with E-state index in [1.54, 1.807) is 11.3 Å². The quantitative estimate of drug-likeness (QED) is 0.813. The van der Waals surface area contributed by atoms with Gasteiger partial charge in [0.25, 0.3) is 0 Å². The van der Waals surface area contributed by atoms with Crippen molar-refractivity contribution in [3.8, 4) is 0 Å². The number of hydrogen-bond donors (Lipinski definition) is 2. The van der Waals surface area contributed by atoms with Gasteiger partial charge in [0.1, 0.15) is 6.04 Å². The van der Waals surface area contributed by atoms with Crippen molar-refractivity contribution in [1.29, 1.82) is 0 Å². The molecule has 2 N–H and O–H groups in total. The lowest BCUT2D eigenvalue weighted by Gasteiger charge is -2.13. The molecular weight excluding hydrogens is 290 g/mol. The SMILES string of the molecule is CCCCC(NCc1sccc1Br)C(=O)O. The second kappa shape index (κ2) is 7.04. The van der Waals surface area contributed by atoms with E-state index in [9.17, 15) is 4.79 Å². The zero-order valence-electron chi connectivity index (χ0n) is 9.20. The maximum absolute atomic E-state index is 11.0. The van der Waals surface area contributed by atoms with Crippen LogP contribution < -0.4 is 5.32 Å². The molecule has 3 nitrogen and oxygen atoms in total. The van der Waals surface area contributed by atoms with E-state index in [2.05, 4.69) is 28.2 Å². The molecule has 0 aliphatic heterocycles. The predicted molar refractivity (Wildman–Crippen MR) is 69.8 cm³/mol. The molecule has 0 fully saturated rings. The molecule has 0 aliphatic rings. The fourth-order valence-electron chi connectivity index (χ4n) is 1.39. The molecule has 1 rings (SSSR count). The summed E-state index contributed by atoms with van der Waals surface area (Å²) in [6.07, 6.45) is 2.65. The second-order valence-electron chi connectivity index (χ2n) is 3.61. The monoisotopic (exact) mass is 305 g/mol. The molecule has 1 unspecified atom stereocenters. The second-order valence-corrected chi connectivity index (χ2v) is 5.46. The molecule has 0 saturated carbocycles. The van der Waals surface area contributed by atoms with Crippen molar-refractivity contribution in [2.45, 2.75) is 38.8 Å². The Morgan fingerprint density at radius 3 is 2.94 bits per heavy atom. The Morgan fingerprint density at radius 2 is 2.44 bits per heavy atom. The lowest BCUT2D eigenvalue weighted by Crippen LogP contribution is -2.35. The molecular formula is C11H16BrNO2S. The molecule has 90 valence electrons. The molecule has 1 atom stereocenters. The van der Waals surface area contributed by atoms with Crippen LogP contribution in [0.1, 0.15) is 31.1 Å². The fourth-order valence-corrected chi connectivity index (χ4v) is 2.83. The highest BCUT2D eigenvalue weighted by molar-refractivity contribution is 9.10. The number of nitrogens with one attached hydrogen (secondary N) is 1. The number of unbranched alkanes of at least 4 members (excludes halogenated alkanes) is 1. The molecule has 0 bridgehead atoms. The Kier molecular flexibility index (Phi) is 6.01. The van der Waals surface area contributed by atoms with E-state index in [1.807, 2.05) is 11.4 Å². The van der Waals surface area contributed by atoms with Crippen molar-refractivity contribution < 1.29 is 9.90 Å². The highest BCUT2D eigenvalue weighted by atomic mass is 79.9. The van der Waals surface area contributed by atoms with Crippen molar-refractivity contribution in [3.05, 3.63) is 20.8 Å². The molecule has 5 heteroatoms. The third-order valence-corrected chi connectivity index (χ3v) is 4.27. The highest BCUT2D eigenvalue weighted by Crippen LogP contribution is 2.22. The fraction of sp³-hybridized carbons (Fsp3) is 0.545. The minimum Gasteiger partial charge on any atom is -0.480 e. The van der Waals surface area contributed by atoms with Crippen LogP contribution in [0.15, 0.2) is 15.9 Å². The first-order chi connectivity index (χ1) is 7.65. The molecule has 0 aromatic carbocycles. The first-order valence-electron chi connectivity index (χ1n) is 5.33. The molecule has 1 heterocycles. The molecule has 0 radical (unpaired) electrons. The number of carboxylic acid groups (broad SMARTS) is 1. The molecule has 0 amide bonds. The summed E-state index contributed by atoms with van der Waals surface area (Å²) in [5.41, 5.74) is 0. The van der Waals surface area contributed by atoms with Crippen molar-refractivity contribution >= 4 is 33.2 Å². The van der Waals surface area contributed by atoms with Gasteiger partial charge in [-0.25, -0.2) is 0 Å². The number of thiophene rings is 1. The largest absolute Gasteiger partial charge is 0.480 e. The van der Waals surface area contributed by atoms with E-state index < -0.39 is 12.0 Å². The van der Waals surface area contributed by atoms with Gasteiger partial charge < -0.3 is 5.11 Å². The van der Waals surface area contributed by atoms with Crippen molar-refractivity contribution in [3.63, 3.8) is 0 Å². The summed E-state index contributed by atoms with van der Waals surface area (Å²) < 4.78 is 1.05. The van der Waals surface area contributed by atoms with Gasteiger partial charge in [-0.1, -0.05) is 19.8 Å². The van der Waals surface area contributed by atoms with E-state index in [-0.39, 0.29) is 0 Å². The Balaban J connectivity index is 2.44. The smallest absolute Gasteiger partial charge is 0.320 e. The molecule has 0 aliphatic carbocycles. The summed E-state index contributed by atoms with van der Waals surface area (Å²) in [4.78, 5) is 12.1. The summed E-state index contributed by atoms with van der Waals surface area (Å²) in [6.45, 7) is 2.67. The van der Waals surface area contributed by atoms with Crippen LogP contribution in [0.2, 0.25) is 0 Å². The van der Waals surface area contributed by atoms with E-state index in [4.69, 9.17) is 5.11 Å². The first kappa shape index (κ1) is 13.7. The van der Waals surface area contributed by atoms with Gasteiger partial charge in [0.15, 0.2) is 0 Å². The first-order valence-corrected chi connectivity index (χ1v) is 7.00. The average Bonchev–Trinajstić information content (AvgIpc) is 2.64. The highest BCUT2D eigenvalue weighted by Gasteiger charge is 2.16. The Morgan fingerprint density at radius 1 is 1.69 bits per heavy atom. The van der Waals surface area contributed by atoms with Crippen LogP contribution in [-0.4, -0.2) is 17.1 Å². The van der Waals surface area contributed by atoms with Crippen LogP contribution in [0.4, 0.5) is 0 Å². The van der Waals surface area contributed by atoms with Gasteiger partial charge in [-0.05, 0) is 33.8 Å². The number of hydrogen-bond acceptors (Lipinski definition) is 3. The molecule has 16 heavy (non-hydrogen) atoms. The number of halogens is 1. The van der Waals surface area contributed by atoms with E-state index in [1.165, 1.54) is 0 Å². The van der Waals surface area contributed by atoms with Gasteiger partial charge in [0, 0.05) is 15.9 Å². The third-order valence-electron chi connectivity index (χ3n) is 2.34. The van der Waals surface area contributed by atoms with E-state index in [0.29, 0.717) is 13.0 Å². The van der Waals surface area contributed by atoms with Gasteiger partial charge in [-0.15, -0.1) is 11.3 Å². The van der Waals surface area contributed by atoms with Gasteiger partial charge in [-0.2, -0.15) is 0 Å². The van der Waals surface area contributed by atoms with Crippen molar-refractivity contribution in [1.82, 2.24) is 5.32 Å². The van der Waals surface area contributed by atoms with E-state index in [0.717, 1.165) is 22.2 Å². The molecule has 1 aromatic rings. The predicted octanol–water partition coefficient (Wildman–Crippen LogP) is 3.24. The average molecular weight is 306 g/mol. The summed E-state index contributed by atoms with van der Waals surface area (Å²) >= 11 is 5.05. The molecule has 1 aromatic heterocycles. The normalized spacial score (nSPS) is 12.6. The minimum atomic E-state index is -0.763. The number of aliphatic carboxylic acids is 1. The molecule has 0 spiro atoms. The maximum atomic E-state index is 11.0. The number of carboxylic acids is 1. The van der Waals surface area contributed by atoms with E-state index >= 15 is 0 Å². The summed E-state index contributed by atoms with van der Waals surface area (Å²) in [5.74, 6) is -0.763. The Bertz CT molecular complexity index is 340. The van der Waals surface area contributed by atoms with Crippen LogP contribution >= 0.6 is 27.3 Å². The van der Waals surface area contributed by atoms with Gasteiger partial charge in [-0.3, -0.25) is 10.1 Å². The Hall–Kier alpha value is -0.390. The van der Waals surface area contributed by atoms with Crippen LogP contribution in [0.3, 0.4) is 0 Å². The van der Waals surface area contributed by atoms with Crippen molar-refractivity contribution in [2.24, 2.45) is 0 Å². The lowest BCUT2D eigenvalue weighted by molar-refractivity contribution is -0.139. The molecule has 0 saturated heterocycles. The summed E-state index contributed by atoms with van der Waals surface area (Å²) in [5, 5.41) is 14.1.